The number of aliphatic carboxylic acids is 1. The molecule has 1 aliphatic heterocycles. The van der Waals surface area contributed by atoms with Gasteiger partial charge in [0, 0.05) is 26.7 Å². The summed E-state index contributed by atoms with van der Waals surface area (Å²) in [7, 11) is 1.80. The number of hydrogen-bond acceptors (Lipinski definition) is 4. The van der Waals surface area contributed by atoms with Gasteiger partial charge in [-0.15, -0.1) is 0 Å². The lowest BCUT2D eigenvalue weighted by atomic mass is 9.96. The molecule has 2 heterocycles. The Hall–Kier alpha value is -2.88. The number of aromatic carboxylic acids is 1. The molecule has 1 unspecified atom stereocenters. The molecular weight excluding hydrogens is 391 g/mol. The SMILES string of the molecule is CC1CN(Cc2cc(C(=O)O)nn2C)CCc2ccccc21.O=C(O)C(F)(F)F. The molecule has 1 aromatic carbocycles. The molecule has 0 aliphatic carbocycles. The van der Waals surface area contributed by atoms with Crippen LogP contribution in [0.3, 0.4) is 0 Å². The summed E-state index contributed by atoms with van der Waals surface area (Å²) < 4.78 is 33.4. The van der Waals surface area contributed by atoms with Crippen LogP contribution in [0.4, 0.5) is 13.2 Å². The van der Waals surface area contributed by atoms with Crippen LogP contribution >= 0.6 is 0 Å². The molecule has 0 saturated heterocycles. The molecule has 1 aliphatic rings. The van der Waals surface area contributed by atoms with Gasteiger partial charge in [0.2, 0.25) is 0 Å². The van der Waals surface area contributed by atoms with E-state index < -0.39 is 18.1 Å². The highest BCUT2D eigenvalue weighted by Crippen LogP contribution is 2.25. The molecule has 2 aromatic rings. The van der Waals surface area contributed by atoms with Gasteiger partial charge in [0.1, 0.15) is 0 Å². The highest BCUT2D eigenvalue weighted by Gasteiger charge is 2.38. The minimum atomic E-state index is -5.08. The van der Waals surface area contributed by atoms with Crippen molar-refractivity contribution in [3.05, 3.63) is 52.8 Å². The van der Waals surface area contributed by atoms with E-state index in [1.165, 1.54) is 11.1 Å². The van der Waals surface area contributed by atoms with E-state index in [1.807, 2.05) is 0 Å². The van der Waals surface area contributed by atoms with E-state index in [0.717, 1.165) is 31.7 Å². The van der Waals surface area contributed by atoms with E-state index in [4.69, 9.17) is 15.0 Å². The summed E-state index contributed by atoms with van der Waals surface area (Å²) in [5.41, 5.74) is 3.91. The van der Waals surface area contributed by atoms with Crippen molar-refractivity contribution in [1.29, 1.82) is 0 Å². The molecule has 3 rings (SSSR count). The maximum atomic E-state index is 11.0. The first kappa shape index (κ1) is 22.4. The van der Waals surface area contributed by atoms with Gasteiger partial charge < -0.3 is 10.2 Å². The van der Waals surface area contributed by atoms with Crippen molar-refractivity contribution in [2.75, 3.05) is 13.1 Å². The number of carboxylic acid groups (broad SMARTS) is 2. The molecule has 158 valence electrons. The molecule has 1 atom stereocenters. The average molecular weight is 413 g/mol. The second-order valence-electron chi connectivity index (χ2n) is 6.84. The second-order valence-corrected chi connectivity index (χ2v) is 6.84. The fourth-order valence-electron chi connectivity index (χ4n) is 3.23. The van der Waals surface area contributed by atoms with Gasteiger partial charge in [0.15, 0.2) is 5.69 Å². The number of nitrogens with zero attached hydrogens (tertiary/aromatic N) is 3. The van der Waals surface area contributed by atoms with Gasteiger partial charge in [-0.1, -0.05) is 31.2 Å². The van der Waals surface area contributed by atoms with Crippen molar-refractivity contribution >= 4 is 11.9 Å². The Morgan fingerprint density at radius 2 is 1.86 bits per heavy atom. The first-order valence-electron chi connectivity index (χ1n) is 8.85. The van der Waals surface area contributed by atoms with Crippen LogP contribution < -0.4 is 0 Å². The first-order chi connectivity index (χ1) is 13.5. The summed E-state index contributed by atoms with van der Waals surface area (Å²) in [4.78, 5) is 22.3. The highest BCUT2D eigenvalue weighted by atomic mass is 19.4. The third-order valence-corrected chi connectivity index (χ3v) is 4.64. The van der Waals surface area contributed by atoms with Gasteiger partial charge in [-0.25, -0.2) is 9.59 Å². The number of carbonyl (C=O) groups is 2. The Bertz CT molecular complexity index is 880. The molecule has 0 amide bonds. The Morgan fingerprint density at radius 1 is 1.24 bits per heavy atom. The zero-order chi connectivity index (χ0) is 21.8. The van der Waals surface area contributed by atoms with Crippen molar-refractivity contribution in [3.63, 3.8) is 0 Å². The molecule has 0 fully saturated rings. The van der Waals surface area contributed by atoms with Crippen LogP contribution in [0.25, 0.3) is 0 Å². The van der Waals surface area contributed by atoms with Crippen molar-refractivity contribution < 1.29 is 33.0 Å². The zero-order valence-corrected chi connectivity index (χ0v) is 16.0. The molecule has 7 nitrogen and oxygen atoms in total. The van der Waals surface area contributed by atoms with E-state index >= 15 is 0 Å². The van der Waals surface area contributed by atoms with Crippen LogP contribution in [0.2, 0.25) is 0 Å². The molecule has 0 saturated carbocycles. The van der Waals surface area contributed by atoms with Crippen molar-refractivity contribution in [1.82, 2.24) is 14.7 Å². The number of carboxylic acids is 2. The van der Waals surface area contributed by atoms with Crippen LogP contribution in [-0.4, -0.2) is 56.1 Å². The molecule has 0 spiro atoms. The number of aryl methyl sites for hydroxylation is 1. The highest BCUT2D eigenvalue weighted by molar-refractivity contribution is 5.85. The van der Waals surface area contributed by atoms with E-state index in [9.17, 15) is 18.0 Å². The van der Waals surface area contributed by atoms with Gasteiger partial charge >= 0.3 is 18.1 Å². The van der Waals surface area contributed by atoms with Crippen LogP contribution in [0.5, 0.6) is 0 Å². The largest absolute Gasteiger partial charge is 0.490 e. The predicted molar refractivity (Wildman–Crippen MR) is 97.7 cm³/mol. The number of rotatable bonds is 3. The van der Waals surface area contributed by atoms with E-state index in [0.29, 0.717) is 5.92 Å². The van der Waals surface area contributed by atoms with Crippen LogP contribution in [-0.2, 0) is 24.8 Å². The molecule has 1 aromatic heterocycles. The van der Waals surface area contributed by atoms with Gasteiger partial charge in [0.05, 0.1) is 5.69 Å². The predicted octanol–water partition coefficient (Wildman–Crippen LogP) is 2.91. The topological polar surface area (TPSA) is 95.7 Å². The number of fused-ring (bicyclic) bond motifs is 1. The summed E-state index contributed by atoms with van der Waals surface area (Å²) in [5, 5.41) is 20.2. The van der Waals surface area contributed by atoms with Crippen LogP contribution in [0.15, 0.2) is 30.3 Å². The molecule has 29 heavy (non-hydrogen) atoms. The zero-order valence-electron chi connectivity index (χ0n) is 16.0. The number of halogens is 3. The number of alkyl halides is 3. The second kappa shape index (κ2) is 9.08. The summed E-state index contributed by atoms with van der Waals surface area (Å²) in [6.07, 6.45) is -4.05. The molecular formula is C19H22F3N3O4. The van der Waals surface area contributed by atoms with Crippen molar-refractivity contribution in [2.45, 2.75) is 32.0 Å². The maximum absolute atomic E-state index is 11.0. The van der Waals surface area contributed by atoms with Gasteiger partial charge in [-0.3, -0.25) is 9.58 Å². The molecule has 0 bridgehead atoms. The number of benzene rings is 1. The Balaban J connectivity index is 0.000000370. The monoisotopic (exact) mass is 413 g/mol. The fraction of sp³-hybridized carbons (Fsp3) is 0.421. The quantitative estimate of drug-likeness (QED) is 0.804. The Labute approximate surface area is 165 Å². The summed E-state index contributed by atoms with van der Waals surface area (Å²) in [6.45, 7) is 4.94. The smallest absolute Gasteiger partial charge is 0.476 e. The maximum Gasteiger partial charge on any atom is 0.490 e. The summed E-state index contributed by atoms with van der Waals surface area (Å²) >= 11 is 0. The minimum absolute atomic E-state index is 0.114. The van der Waals surface area contributed by atoms with E-state index in [2.05, 4.69) is 41.2 Å². The Kier molecular flexibility index (Phi) is 7.02. The van der Waals surface area contributed by atoms with Gasteiger partial charge in [-0.2, -0.15) is 18.3 Å². The summed E-state index contributed by atoms with van der Waals surface area (Å²) in [5.74, 6) is -3.25. The van der Waals surface area contributed by atoms with Crippen molar-refractivity contribution in [3.8, 4) is 0 Å². The molecule has 0 radical (unpaired) electrons. The number of hydrogen-bond donors (Lipinski definition) is 2. The minimum Gasteiger partial charge on any atom is -0.476 e. The van der Waals surface area contributed by atoms with Crippen LogP contribution in [0.1, 0.15) is 40.2 Å². The lowest BCUT2D eigenvalue weighted by Gasteiger charge is -2.22. The standard InChI is InChI=1S/C17H21N3O2.C2HF3O2/c1-12-10-20(8-7-13-5-3-4-6-15(12)13)11-14-9-16(17(21)22)18-19(14)2;3-2(4,5)1(6)7/h3-6,9,12H,7-8,10-11H2,1-2H3,(H,21,22);(H,6,7). The van der Waals surface area contributed by atoms with Gasteiger partial charge in [-0.05, 0) is 29.5 Å². The third kappa shape index (κ3) is 6.05. The molecule has 2 N–H and O–H groups in total. The van der Waals surface area contributed by atoms with Crippen molar-refractivity contribution in [2.24, 2.45) is 7.05 Å². The lowest BCUT2D eigenvalue weighted by Crippen LogP contribution is -2.28. The van der Waals surface area contributed by atoms with Gasteiger partial charge in [0.25, 0.3) is 0 Å². The normalized spacial score (nSPS) is 16.9. The van der Waals surface area contributed by atoms with Crippen LogP contribution in [0, 0.1) is 0 Å². The fourth-order valence-corrected chi connectivity index (χ4v) is 3.23. The lowest BCUT2D eigenvalue weighted by molar-refractivity contribution is -0.192. The average Bonchev–Trinajstić information content (AvgIpc) is 2.92. The third-order valence-electron chi connectivity index (χ3n) is 4.64. The summed E-state index contributed by atoms with van der Waals surface area (Å²) in [6, 6.07) is 10.3. The van der Waals surface area contributed by atoms with E-state index in [-0.39, 0.29) is 5.69 Å². The first-order valence-corrected chi connectivity index (χ1v) is 8.85. The molecule has 10 heteroatoms. The van der Waals surface area contributed by atoms with E-state index in [1.54, 1.807) is 17.8 Å². The Morgan fingerprint density at radius 3 is 2.41 bits per heavy atom. The number of aromatic nitrogens is 2.